The van der Waals surface area contributed by atoms with E-state index in [0.717, 1.165) is 0 Å². The number of ether oxygens (including phenoxy) is 2. The molecule has 0 spiro atoms. The number of carbonyl (C=O) groups is 1. The molecule has 0 fully saturated rings. The molecule has 0 aromatic rings. The molecule has 5 nitrogen and oxygen atoms in total. The van der Waals surface area contributed by atoms with Gasteiger partial charge in [0.25, 0.3) is 0 Å². The monoisotopic (exact) mass is 218 g/mol. The number of hydrogen-bond donors (Lipinski definition) is 1. The van der Waals surface area contributed by atoms with E-state index in [1.165, 1.54) is 0 Å². The second-order valence-electron chi connectivity index (χ2n) is 3.31. The number of likely N-dealkylation sites (N-methyl/N-ethyl adjacent to an activating group) is 1. The molecule has 0 amide bonds. The van der Waals surface area contributed by atoms with Crippen molar-refractivity contribution in [3.05, 3.63) is 0 Å². The molecule has 15 heavy (non-hydrogen) atoms. The molecule has 1 unspecified atom stereocenters. The SMILES string of the molecule is CCOC(=O)CN(C)CC(CN)OCC. The van der Waals surface area contributed by atoms with Crippen LogP contribution in [0.15, 0.2) is 0 Å². The van der Waals surface area contributed by atoms with Crippen molar-refractivity contribution in [2.24, 2.45) is 5.73 Å². The highest BCUT2D eigenvalue weighted by atomic mass is 16.5. The summed E-state index contributed by atoms with van der Waals surface area (Å²) in [7, 11) is 1.85. The second-order valence-corrected chi connectivity index (χ2v) is 3.31. The highest BCUT2D eigenvalue weighted by Crippen LogP contribution is 1.94. The molecule has 5 heteroatoms. The van der Waals surface area contributed by atoms with Crippen LogP contribution in [0.25, 0.3) is 0 Å². The Morgan fingerprint density at radius 3 is 2.53 bits per heavy atom. The predicted octanol–water partition coefficient (Wildman–Crippen LogP) is -0.155. The molecule has 0 aliphatic carbocycles. The number of carbonyl (C=O) groups excluding carboxylic acids is 1. The van der Waals surface area contributed by atoms with Crippen molar-refractivity contribution >= 4 is 5.97 Å². The van der Waals surface area contributed by atoms with Crippen LogP contribution in [0.1, 0.15) is 13.8 Å². The summed E-state index contributed by atoms with van der Waals surface area (Å²) in [6, 6.07) is 0. The maximum Gasteiger partial charge on any atom is 0.320 e. The van der Waals surface area contributed by atoms with Gasteiger partial charge in [0.2, 0.25) is 0 Å². The van der Waals surface area contributed by atoms with Crippen LogP contribution in [0.4, 0.5) is 0 Å². The summed E-state index contributed by atoms with van der Waals surface area (Å²) in [6.45, 7) is 6.14. The maximum absolute atomic E-state index is 11.1. The van der Waals surface area contributed by atoms with Gasteiger partial charge in [0.05, 0.1) is 19.3 Å². The summed E-state index contributed by atoms with van der Waals surface area (Å²) < 4.78 is 10.2. The molecule has 0 aliphatic heterocycles. The Morgan fingerprint density at radius 1 is 1.40 bits per heavy atom. The van der Waals surface area contributed by atoms with E-state index >= 15 is 0 Å². The Bertz CT molecular complexity index is 176. The van der Waals surface area contributed by atoms with Crippen LogP contribution in [-0.4, -0.2) is 56.9 Å². The minimum absolute atomic E-state index is 0.0190. The van der Waals surface area contributed by atoms with Gasteiger partial charge in [-0.15, -0.1) is 0 Å². The fourth-order valence-electron chi connectivity index (χ4n) is 1.27. The van der Waals surface area contributed by atoms with Gasteiger partial charge >= 0.3 is 5.97 Å². The molecule has 90 valence electrons. The Kier molecular flexibility index (Phi) is 8.27. The van der Waals surface area contributed by atoms with Gasteiger partial charge in [-0.3, -0.25) is 9.69 Å². The number of nitrogens with zero attached hydrogens (tertiary/aromatic N) is 1. The molecular formula is C10H22N2O3. The Morgan fingerprint density at radius 2 is 2.07 bits per heavy atom. The molecule has 0 rings (SSSR count). The quantitative estimate of drug-likeness (QED) is 0.574. The zero-order valence-corrected chi connectivity index (χ0v) is 9.86. The third-order valence-electron chi connectivity index (χ3n) is 1.88. The first-order valence-corrected chi connectivity index (χ1v) is 5.29. The summed E-state index contributed by atoms with van der Waals surface area (Å²) in [5.41, 5.74) is 5.53. The minimum atomic E-state index is -0.215. The van der Waals surface area contributed by atoms with Crippen LogP contribution >= 0.6 is 0 Å². The van der Waals surface area contributed by atoms with Gasteiger partial charge < -0.3 is 15.2 Å². The third kappa shape index (κ3) is 7.30. The van der Waals surface area contributed by atoms with Crippen LogP contribution < -0.4 is 5.73 Å². The molecule has 0 aliphatic rings. The third-order valence-corrected chi connectivity index (χ3v) is 1.88. The Labute approximate surface area is 91.5 Å². The summed E-state index contributed by atoms with van der Waals surface area (Å²) in [4.78, 5) is 13.0. The van der Waals surface area contributed by atoms with Crippen LogP contribution in [0, 0.1) is 0 Å². The maximum atomic E-state index is 11.1. The fraction of sp³-hybridized carbons (Fsp3) is 0.900. The largest absolute Gasteiger partial charge is 0.465 e. The average molecular weight is 218 g/mol. The Hall–Kier alpha value is -0.650. The van der Waals surface area contributed by atoms with Crippen LogP contribution in [-0.2, 0) is 14.3 Å². The molecule has 0 saturated carbocycles. The van der Waals surface area contributed by atoms with Gasteiger partial charge in [-0.2, -0.15) is 0 Å². The van der Waals surface area contributed by atoms with Gasteiger partial charge in [0.15, 0.2) is 0 Å². The lowest BCUT2D eigenvalue weighted by molar-refractivity contribution is -0.144. The predicted molar refractivity (Wildman–Crippen MR) is 58.6 cm³/mol. The van der Waals surface area contributed by atoms with Crippen molar-refractivity contribution in [2.75, 3.05) is 39.9 Å². The van der Waals surface area contributed by atoms with E-state index in [0.29, 0.717) is 26.3 Å². The Balaban J connectivity index is 3.79. The number of esters is 1. The van der Waals surface area contributed by atoms with Crippen molar-refractivity contribution in [3.8, 4) is 0 Å². The van der Waals surface area contributed by atoms with E-state index < -0.39 is 0 Å². The van der Waals surface area contributed by atoms with Crippen molar-refractivity contribution < 1.29 is 14.3 Å². The topological polar surface area (TPSA) is 64.8 Å². The molecule has 0 aromatic carbocycles. The highest BCUT2D eigenvalue weighted by Gasteiger charge is 2.12. The van der Waals surface area contributed by atoms with Crippen molar-refractivity contribution in [1.82, 2.24) is 4.90 Å². The van der Waals surface area contributed by atoms with E-state index in [-0.39, 0.29) is 18.6 Å². The average Bonchev–Trinajstić information content (AvgIpc) is 2.17. The zero-order valence-electron chi connectivity index (χ0n) is 9.86. The molecule has 0 saturated heterocycles. The summed E-state index contributed by atoms with van der Waals surface area (Å²) in [5, 5.41) is 0. The van der Waals surface area contributed by atoms with Crippen LogP contribution in [0.5, 0.6) is 0 Å². The summed E-state index contributed by atoms with van der Waals surface area (Å²) >= 11 is 0. The van der Waals surface area contributed by atoms with Crippen molar-refractivity contribution in [1.29, 1.82) is 0 Å². The highest BCUT2D eigenvalue weighted by molar-refractivity contribution is 5.71. The molecule has 0 radical (unpaired) electrons. The van der Waals surface area contributed by atoms with Crippen molar-refractivity contribution in [2.45, 2.75) is 20.0 Å². The van der Waals surface area contributed by atoms with E-state index in [4.69, 9.17) is 15.2 Å². The first kappa shape index (κ1) is 14.3. The number of rotatable bonds is 8. The number of nitrogens with two attached hydrogens (primary N) is 1. The molecular weight excluding hydrogens is 196 g/mol. The van der Waals surface area contributed by atoms with E-state index in [1.807, 2.05) is 18.9 Å². The van der Waals surface area contributed by atoms with Crippen LogP contribution in [0.2, 0.25) is 0 Å². The molecule has 0 bridgehead atoms. The normalized spacial score (nSPS) is 12.9. The number of hydrogen-bond acceptors (Lipinski definition) is 5. The van der Waals surface area contributed by atoms with E-state index in [1.54, 1.807) is 6.92 Å². The summed E-state index contributed by atoms with van der Waals surface area (Å²) in [6.07, 6.45) is -0.0190. The smallest absolute Gasteiger partial charge is 0.320 e. The van der Waals surface area contributed by atoms with Crippen molar-refractivity contribution in [3.63, 3.8) is 0 Å². The minimum Gasteiger partial charge on any atom is -0.465 e. The first-order chi connectivity index (χ1) is 7.13. The van der Waals surface area contributed by atoms with E-state index in [2.05, 4.69) is 0 Å². The zero-order chi connectivity index (χ0) is 11.7. The van der Waals surface area contributed by atoms with Gasteiger partial charge in [-0.05, 0) is 20.9 Å². The van der Waals surface area contributed by atoms with Gasteiger partial charge in [-0.1, -0.05) is 0 Å². The lowest BCUT2D eigenvalue weighted by Gasteiger charge is -2.21. The standard InChI is InChI=1S/C10H22N2O3/c1-4-14-9(6-11)7-12(3)8-10(13)15-5-2/h9H,4-8,11H2,1-3H3. The molecule has 1 atom stereocenters. The second kappa shape index (κ2) is 8.64. The van der Waals surface area contributed by atoms with Gasteiger partial charge in [-0.25, -0.2) is 0 Å². The lowest BCUT2D eigenvalue weighted by Crippen LogP contribution is -2.39. The first-order valence-electron chi connectivity index (χ1n) is 5.29. The molecule has 2 N–H and O–H groups in total. The van der Waals surface area contributed by atoms with E-state index in [9.17, 15) is 4.79 Å². The molecule has 0 heterocycles. The fourth-order valence-corrected chi connectivity index (χ4v) is 1.27. The van der Waals surface area contributed by atoms with Crippen LogP contribution in [0.3, 0.4) is 0 Å². The van der Waals surface area contributed by atoms with Gasteiger partial charge in [0, 0.05) is 19.7 Å². The summed E-state index contributed by atoms with van der Waals surface area (Å²) in [5.74, 6) is -0.215. The van der Waals surface area contributed by atoms with Gasteiger partial charge in [0.1, 0.15) is 0 Å². The molecule has 0 aromatic heterocycles. The lowest BCUT2D eigenvalue weighted by atomic mass is 10.3.